The van der Waals surface area contributed by atoms with Crippen molar-refractivity contribution in [3.63, 3.8) is 0 Å². The quantitative estimate of drug-likeness (QED) is 0.872. The molecule has 4 heteroatoms. The monoisotopic (exact) mass is 300 g/mol. The van der Waals surface area contributed by atoms with Crippen LogP contribution in [0.2, 0.25) is 5.02 Å². The molecule has 3 nitrogen and oxygen atoms in total. The Bertz CT molecular complexity index is 686. The lowest BCUT2D eigenvalue weighted by Gasteiger charge is -2.46. The fourth-order valence-corrected chi connectivity index (χ4v) is 3.39. The predicted molar refractivity (Wildman–Crippen MR) is 85.7 cm³/mol. The minimum atomic E-state index is -0.496. The van der Waals surface area contributed by atoms with E-state index in [4.69, 9.17) is 11.6 Å². The maximum atomic E-state index is 12.4. The summed E-state index contributed by atoms with van der Waals surface area (Å²) in [6.07, 6.45) is 0.772. The number of hydrogen-bond donors (Lipinski definition) is 1. The maximum Gasteiger partial charge on any atom is 0.322 e. The van der Waals surface area contributed by atoms with E-state index in [2.05, 4.69) is 24.4 Å². The highest BCUT2D eigenvalue weighted by Gasteiger charge is 2.44. The molecule has 1 heterocycles. The second kappa shape index (κ2) is 5.08. The van der Waals surface area contributed by atoms with Crippen LogP contribution in [0, 0.1) is 0 Å². The molecule has 0 spiro atoms. The lowest BCUT2D eigenvalue weighted by molar-refractivity contribution is 0.162. The SMILES string of the molecule is CCC1(c2ccccc2)c2cc(Cl)ccc2NC(=O)N1C. The number of carbonyl (C=O) groups is 1. The number of nitrogens with one attached hydrogen (secondary N) is 1. The summed E-state index contributed by atoms with van der Waals surface area (Å²) in [5, 5.41) is 3.60. The van der Waals surface area contributed by atoms with Gasteiger partial charge in [-0.15, -0.1) is 0 Å². The molecule has 1 N–H and O–H groups in total. The Labute approximate surface area is 129 Å². The van der Waals surface area contributed by atoms with Crippen molar-refractivity contribution >= 4 is 23.3 Å². The summed E-state index contributed by atoms with van der Waals surface area (Å²) in [5.74, 6) is 0. The van der Waals surface area contributed by atoms with Crippen LogP contribution in [0.3, 0.4) is 0 Å². The average Bonchev–Trinajstić information content (AvgIpc) is 2.51. The molecular weight excluding hydrogens is 284 g/mol. The van der Waals surface area contributed by atoms with Gasteiger partial charge in [0.2, 0.25) is 0 Å². The number of benzene rings is 2. The first-order chi connectivity index (χ1) is 10.1. The number of hydrogen-bond acceptors (Lipinski definition) is 1. The second-order valence-corrected chi connectivity index (χ2v) is 5.70. The summed E-state index contributed by atoms with van der Waals surface area (Å²) in [6, 6.07) is 15.6. The van der Waals surface area contributed by atoms with Crippen LogP contribution in [-0.2, 0) is 5.54 Å². The van der Waals surface area contributed by atoms with Crippen molar-refractivity contribution in [1.82, 2.24) is 4.90 Å². The molecule has 108 valence electrons. The van der Waals surface area contributed by atoms with Crippen molar-refractivity contribution < 1.29 is 4.79 Å². The van der Waals surface area contributed by atoms with Crippen LogP contribution in [0.1, 0.15) is 24.5 Å². The Hall–Kier alpha value is -2.00. The molecule has 0 radical (unpaired) electrons. The summed E-state index contributed by atoms with van der Waals surface area (Å²) in [5.41, 5.74) is 2.46. The summed E-state index contributed by atoms with van der Waals surface area (Å²) < 4.78 is 0. The van der Waals surface area contributed by atoms with Gasteiger partial charge < -0.3 is 10.2 Å². The summed E-state index contributed by atoms with van der Waals surface area (Å²) >= 11 is 6.20. The predicted octanol–water partition coefficient (Wildman–Crippen LogP) is 4.47. The van der Waals surface area contributed by atoms with Crippen LogP contribution in [0.15, 0.2) is 48.5 Å². The van der Waals surface area contributed by atoms with E-state index in [-0.39, 0.29) is 6.03 Å². The van der Waals surface area contributed by atoms with Crippen molar-refractivity contribution in [3.8, 4) is 0 Å². The van der Waals surface area contributed by atoms with Crippen LogP contribution < -0.4 is 5.32 Å². The molecule has 1 aliphatic heterocycles. The van der Waals surface area contributed by atoms with E-state index in [1.54, 1.807) is 11.0 Å². The summed E-state index contributed by atoms with van der Waals surface area (Å²) in [6.45, 7) is 2.09. The third-order valence-corrected chi connectivity index (χ3v) is 4.54. The van der Waals surface area contributed by atoms with E-state index in [1.807, 2.05) is 37.4 Å². The molecule has 2 amide bonds. The zero-order valence-corrected chi connectivity index (χ0v) is 12.8. The second-order valence-electron chi connectivity index (χ2n) is 5.26. The van der Waals surface area contributed by atoms with Gasteiger partial charge in [0.05, 0.1) is 5.54 Å². The van der Waals surface area contributed by atoms with Gasteiger partial charge in [0, 0.05) is 23.3 Å². The number of anilines is 1. The Morgan fingerprint density at radius 2 is 1.90 bits per heavy atom. The number of fused-ring (bicyclic) bond motifs is 1. The first kappa shape index (κ1) is 14.0. The standard InChI is InChI=1S/C17H17ClN2O/c1-3-17(12-7-5-4-6-8-12)14-11-13(18)9-10-15(14)19-16(21)20(17)2/h4-11H,3H2,1-2H3,(H,19,21). The lowest BCUT2D eigenvalue weighted by atomic mass is 9.77. The highest BCUT2D eigenvalue weighted by molar-refractivity contribution is 6.30. The Kier molecular flexibility index (Phi) is 3.38. The summed E-state index contributed by atoms with van der Waals surface area (Å²) in [4.78, 5) is 14.1. The number of carbonyl (C=O) groups excluding carboxylic acids is 1. The van der Waals surface area contributed by atoms with Crippen molar-refractivity contribution in [2.24, 2.45) is 0 Å². The van der Waals surface area contributed by atoms with Crippen molar-refractivity contribution in [3.05, 3.63) is 64.7 Å². The molecule has 1 aliphatic rings. The molecular formula is C17H17ClN2O. The van der Waals surface area contributed by atoms with Gasteiger partial charge in [-0.25, -0.2) is 4.79 Å². The molecule has 0 saturated heterocycles. The largest absolute Gasteiger partial charge is 0.322 e. The van der Waals surface area contributed by atoms with Crippen molar-refractivity contribution in [2.75, 3.05) is 12.4 Å². The molecule has 0 saturated carbocycles. The fraction of sp³-hybridized carbons (Fsp3) is 0.235. The lowest BCUT2D eigenvalue weighted by Crippen LogP contribution is -2.53. The van der Waals surface area contributed by atoms with Crippen molar-refractivity contribution in [2.45, 2.75) is 18.9 Å². The van der Waals surface area contributed by atoms with Gasteiger partial charge in [0.15, 0.2) is 0 Å². The first-order valence-electron chi connectivity index (χ1n) is 7.00. The number of urea groups is 1. The van der Waals surface area contributed by atoms with E-state index in [9.17, 15) is 4.79 Å². The van der Waals surface area contributed by atoms with E-state index in [0.29, 0.717) is 5.02 Å². The molecule has 3 rings (SSSR count). The Morgan fingerprint density at radius 3 is 2.57 bits per heavy atom. The van der Waals surface area contributed by atoms with Gasteiger partial charge in [-0.1, -0.05) is 48.9 Å². The zero-order chi connectivity index (χ0) is 15.0. The highest BCUT2D eigenvalue weighted by Crippen LogP contribution is 2.45. The minimum absolute atomic E-state index is 0.101. The van der Waals surface area contributed by atoms with Crippen LogP contribution >= 0.6 is 11.6 Å². The third-order valence-electron chi connectivity index (χ3n) is 4.31. The molecule has 1 atom stereocenters. The average molecular weight is 301 g/mol. The minimum Gasteiger partial charge on any atom is -0.314 e. The van der Waals surface area contributed by atoms with Gasteiger partial charge in [-0.3, -0.25) is 0 Å². The van der Waals surface area contributed by atoms with Gasteiger partial charge in [-0.2, -0.15) is 0 Å². The van der Waals surface area contributed by atoms with Crippen LogP contribution in [0.25, 0.3) is 0 Å². The molecule has 0 aromatic heterocycles. The van der Waals surface area contributed by atoms with Gasteiger partial charge in [0.25, 0.3) is 0 Å². The Morgan fingerprint density at radius 1 is 1.19 bits per heavy atom. The molecule has 0 fully saturated rings. The topological polar surface area (TPSA) is 32.3 Å². The summed E-state index contributed by atoms with van der Waals surface area (Å²) in [7, 11) is 1.83. The van der Waals surface area contributed by atoms with Crippen LogP contribution in [-0.4, -0.2) is 18.0 Å². The molecule has 21 heavy (non-hydrogen) atoms. The van der Waals surface area contributed by atoms with Gasteiger partial charge in [-0.05, 0) is 30.2 Å². The number of halogens is 1. The maximum absolute atomic E-state index is 12.4. The number of nitrogens with zero attached hydrogens (tertiary/aromatic N) is 1. The molecule has 2 aromatic carbocycles. The molecule has 1 unspecified atom stereocenters. The van der Waals surface area contributed by atoms with Crippen LogP contribution in [0.5, 0.6) is 0 Å². The molecule has 0 aliphatic carbocycles. The normalized spacial score (nSPS) is 20.9. The van der Waals surface area contributed by atoms with E-state index < -0.39 is 5.54 Å². The third kappa shape index (κ3) is 2.00. The van der Waals surface area contributed by atoms with E-state index in [0.717, 1.165) is 23.2 Å². The van der Waals surface area contributed by atoms with Crippen molar-refractivity contribution in [1.29, 1.82) is 0 Å². The first-order valence-corrected chi connectivity index (χ1v) is 7.37. The number of amides is 2. The van der Waals surface area contributed by atoms with E-state index in [1.165, 1.54) is 0 Å². The van der Waals surface area contributed by atoms with E-state index >= 15 is 0 Å². The van der Waals surface area contributed by atoms with Crippen LogP contribution in [0.4, 0.5) is 10.5 Å². The highest BCUT2D eigenvalue weighted by atomic mass is 35.5. The molecule has 2 aromatic rings. The Balaban J connectivity index is 2.32. The zero-order valence-electron chi connectivity index (χ0n) is 12.1. The molecule has 0 bridgehead atoms. The van der Waals surface area contributed by atoms with Gasteiger partial charge in [0.1, 0.15) is 0 Å². The van der Waals surface area contributed by atoms with Gasteiger partial charge >= 0.3 is 6.03 Å². The smallest absolute Gasteiger partial charge is 0.314 e. The fourth-order valence-electron chi connectivity index (χ4n) is 3.22. The number of rotatable bonds is 2.